The van der Waals surface area contributed by atoms with E-state index < -0.39 is 17.7 Å². The first kappa shape index (κ1) is 15.3. The molecule has 0 aliphatic carbocycles. The van der Waals surface area contributed by atoms with Gasteiger partial charge in [0.05, 0.1) is 17.9 Å². The topological polar surface area (TPSA) is 41.5 Å². The first-order valence-corrected chi connectivity index (χ1v) is 6.71. The number of benzene rings is 2. The quantitative estimate of drug-likeness (QED) is 0.856. The molecule has 0 heterocycles. The number of aliphatic hydroxyl groups excluding tert-OH is 1. The summed E-state index contributed by atoms with van der Waals surface area (Å²) in [6.07, 6.45) is -1.29. The van der Waals surface area contributed by atoms with Crippen molar-refractivity contribution in [1.29, 1.82) is 0 Å². The maximum atomic E-state index is 13.6. The molecule has 0 spiro atoms. The fourth-order valence-electron chi connectivity index (χ4n) is 2.03. The van der Waals surface area contributed by atoms with Crippen molar-refractivity contribution in [1.82, 2.24) is 0 Å². The molecule has 2 rings (SSSR count). The lowest BCUT2D eigenvalue weighted by molar-refractivity contribution is 0.181. The van der Waals surface area contributed by atoms with Gasteiger partial charge in [-0.3, -0.25) is 0 Å². The van der Waals surface area contributed by atoms with Gasteiger partial charge < -0.3 is 15.2 Å². The number of halogens is 2. The van der Waals surface area contributed by atoms with Gasteiger partial charge in [0.1, 0.15) is 23.5 Å². The molecule has 0 aliphatic heterocycles. The van der Waals surface area contributed by atoms with E-state index in [-0.39, 0.29) is 12.1 Å². The molecule has 0 aliphatic rings. The van der Waals surface area contributed by atoms with Crippen LogP contribution in [0.15, 0.2) is 42.5 Å². The van der Waals surface area contributed by atoms with Crippen LogP contribution in [0.5, 0.6) is 5.75 Å². The lowest BCUT2D eigenvalue weighted by Crippen LogP contribution is -2.15. The lowest BCUT2D eigenvalue weighted by atomic mass is 10.1. The number of hydrogen-bond donors (Lipinski definition) is 2. The number of rotatable bonds is 6. The Bertz CT molecular complexity index is 584. The van der Waals surface area contributed by atoms with Gasteiger partial charge >= 0.3 is 0 Å². The molecule has 0 radical (unpaired) electrons. The summed E-state index contributed by atoms with van der Waals surface area (Å²) in [5, 5.41) is 12.9. The standard InChI is InChI=1S/C16H17F2NO2/c1-2-21-15-9-4-3-8-13(15)19-10-14(20)16-11(17)6-5-7-12(16)18/h3-9,14,19-20H,2,10H2,1H3. The number of aliphatic hydroxyl groups is 1. The monoisotopic (exact) mass is 293 g/mol. The van der Waals surface area contributed by atoms with E-state index in [0.717, 1.165) is 12.1 Å². The number of hydrogen-bond acceptors (Lipinski definition) is 3. The first-order valence-electron chi connectivity index (χ1n) is 6.71. The minimum absolute atomic E-state index is 0.0259. The van der Waals surface area contributed by atoms with Gasteiger partial charge in [-0.05, 0) is 31.2 Å². The third kappa shape index (κ3) is 3.70. The molecule has 1 atom stereocenters. The SMILES string of the molecule is CCOc1ccccc1NCC(O)c1c(F)cccc1F. The zero-order valence-electron chi connectivity index (χ0n) is 11.6. The highest BCUT2D eigenvalue weighted by atomic mass is 19.1. The fraction of sp³-hybridized carbons (Fsp3) is 0.250. The van der Waals surface area contributed by atoms with E-state index in [2.05, 4.69) is 5.32 Å². The second-order valence-corrected chi connectivity index (χ2v) is 4.46. The van der Waals surface area contributed by atoms with Crippen molar-refractivity contribution in [2.45, 2.75) is 13.0 Å². The molecule has 1 unspecified atom stereocenters. The summed E-state index contributed by atoms with van der Waals surface area (Å²) in [5.41, 5.74) is 0.328. The van der Waals surface area contributed by atoms with E-state index in [1.165, 1.54) is 6.07 Å². The van der Waals surface area contributed by atoms with Crippen LogP contribution in [0.1, 0.15) is 18.6 Å². The number of nitrogens with one attached hydrogen (secondary N) is 1. The molecule has 0 bridgehead atoms. The average molecular weight is 293 g/mol. The van der Waals surface area contributed by atoms with Crippen molar-refractivity contribution in [2.24, 2.45) is 0 Å². The Labute approximate surface area is 122 Å². The van der Waals surface area contributed by atoms with Crippen LogP contribution in [0.25, 0.3) is 0 Å². The molecule has 0 saturated carbocycles. The first-order chi connectivity index (χ1) is 10.1. The maximum absolute atomic E-state index is 13.6. The third-order valence-electron chi connectivity index (χ3n) is 3.01. The number of para-hydroxylation sites is 2. The zero-order chi connectivity index (χ0) is 15.2. The van der Waals surface area contributed by atoms with Gasteiger partial charge in [0.25, 0.3) is 0 Å². The van der Waals surface area contributed by atoms with Crippen LogP contribution in [-0.4, -0.2) is 18.3 Å². The fourth-order valence-corrected chi connectivity index (χ4v) is 2.03. The number of anilines is 1. The molecule has 0 amide bonds. The van der Waals surface area contributed by atoms with Crippen molar-refractivity contribution in [3.05, 3.63) is 59.7 Å². The molecule has 0 aromatic heterocycles. The molecule has 2 aromatic rings. The Kier molecular flexibility index (Phi) is 5.11. The van der Waals surface area contributed by atoms with Crippen molar-refractivity contribution >= 4 is 5.69 Å². The van der Waals surface area contributed by atoms with Crippen molar-refractivity contribution in [3.63, 3.8) is 0 Å². The normalized spacial score (nSPS) is 12.0. The zero-order valence-corrected chi connectivity index (χ0v) is 11.6. The van der Waals surface area contributed by atoms with Gasteiger partial charge in [0, 0.05) is 6.54 Å². The Morgan fingerprint density at radius 2 is 1.76 bits per heavy atom. The van der Waals surface area contributed by atoms with E-state index in [9.17, 15) is 13.9 Å². The van der Waals surface area contributed by atoms with Gasteiger partial charge in [0.15, 0.2) is 0 Å². The van der Waals surface area contributed by atoms with Crippen LogP contribution >= 0.6 is 0 Å². The molecular formula is C16H17F2NO2. The van der Waals surface area contributed by atoms with Crippen LogP contribution in [0.4, 0.5) is 14.5 Å². The predicted molar refractivity (Wildman–Crippen MR) is 77.4 cm³/mol. The minimum atomic E-state index is -1.29. The Morgan fingerprint density at radius 3 is 2.43 bits per heavy atom. The average Bonchev–Trinajstić information content (AvgIpc) is 2.46. The van der Waals surface area contributed by atoms with Gasteiger partial charge in [0.2, 0.25) is 0 Å². The largest absolute Gasteiger partial charge is 0.492 e. The Balaban J connectivity index is 2.09. The van der Waals surface area contributed by atoms with E-state index >= 15 is 0 Å². The van der Waals surface area contributed by atoms with Gasteiger partial charge in [-0.2, -0.15) is 0 Å². The van der Waals surface area contributed by atoms with Crippen molar-refractivity contribution < 1.29 is 18.6 Å². The van der Waals surface area contributed by atoms with Crippen LogP contribution in [-0.2, 0) is 0 Å². The molecule has 5 heteroatoms. The highest BCUT2D eigenvalue weighted by Crippen LogP contribution is 2.26. The van der Waals surface area contributed by atoms with Gasteiger partial charge in [-0.25, -0.2) is 8.78 Å². The van der Waals surface area contributed by atoms with Crippen LogP contribution < -0.4 is 10.1 Å². The van der Waals surface area contributed by atoms with E-state index in [1.54, 1.807) is 18.2 Å². The minimum Gasteiger partial charge on any atom is -0.492 e. The van der Waals surface area contributed by atoms with Gasteiger partial charge in [-0.1, -0.05) is 18.2 Å². The molecular weight excluding hydrogens is 276 g/mol. The molecule has 2 aromatic carbocycles. The summed E-state index contributed by atoms with van der Waals surface area (Å²) in [7, 11) is 0. The van der Waals surface area contributed by atoms with Crippen LogP contribution in [0, 0.1) is 11.6 Å². The highest BCUT2D eigenvalue weighted by molar-refractivity contribution is 5.56. The Morgan fingerprint density at radius 1 is 1.10 bits per heavy atom. The number of ether oxygens (including phenoxy) is 1. The van der Waals surface area contributed by atoms with E-state index in [4.69, 9.17) is 4.74 Å². The Hall–Kier alpha value is -2.14. The van der Waals surface area contributed by atoms with E-state index in [0.29, 0.717) is 18.0 Å². The molecule has 0 saturated heterocycles. The molecule has 21 heavy (non-hydrogen) atoms. The lowest BCUT2D eigenvalue weighted by Gasteiger charge is -2.16. The van der Waals surface area contributed by atoms with Crippen LogP contribution in [0.2, 0.25) is 0 Å². The summed E-state index contributed by atoms with van der Waals surface area (Å²) < 4.78 is 32.6. The maximum Gasteiger partial charge on any atom is 0.142 e. The molecule has 0 fully saturated rings. The van der Waals surface area contributed by atoms with Crippen molar-refractivity contribution in [2.75, 3.05) is 18.5 Å². The molecule has 3 nitrogen and oxygen atoms in total. The predicted octanol–water partition coefficient (Wildman–Crippen LogP) is 3.51. The summed E-state index contributed by atoms with van der Waals surface area (Å²) in [6.45, 7) is 2.34. The summed E-state index contributed by atoms with van der Waals surface area (Å²) in [6, 6.07) is 10.7. The molecule has 112 valence electrons. The van der Waals surface area contributed by atoms with Crippen LogP contribution in [0.3, 0.4) is 0 Å². The second-order valence-electron chi connectivity index (χ2n) is 4.46. The van der Waals surface area contributed by atoms with Gasteiger partial charge in [-0.15, -0.1) is 0 Å². The van der Waals surface area contributed by atoms with E-state index in [1.807, 2.05) is 13.0 Å². The summed E-state index contributed by atoms with van der Waals surface area (Å²) in [5.74, 6) is -0.897. The molecule has 2 N–H and O–H groups in total. The smallest absolute Gasteiger partial charge is 0.142 e. The highest BCUT2D eigenvalue weighted by Gasteiger charge is 2.17. The summed E-state index contributed by atoms with van der Waals surface area (Å²) >= 11 is 0. The third-order valence-corrected chi connectivity index (χ3v) is 3.01. The van der Waals surface area contributed by atoms with Crippen molar-refractivity contribution in [3.8, 4) is 5.75 Å². The summed E-state index contributed by atoms with van der Waals surface area (Å²) in [4.78, 5) is 0. The second kappa shape index (κ2) is 7.04.